The highest BCUT2D eigenvalue weighted by atomic mass is 19.1. The van der Waals surface area contributed by atoms with Crippen LogP contribution in [0, 0.1) is 5.82 Å². The van der Waals surface area contributed by atoms with E-state index >= 15 is 0 Å². The lowest BCUT2D eigenvalue weighted by Gasteiger charge is -2.21. The zero-order valence-electron chi connectivity index (χ0n) is 20.8. The number of methoxy groups -OCH3 is 1. The lowest BCUT2D eigenvalue weighted by molar-refractivity contribution is 0.0505. The number of H-pyrrole nitrogens is 1. The molecule has 2 N–H and O–H groups in total. The molecule has 10 heteroatoms. The fourth-order valence-corrected chi connectivity index (χ4v) is 4.24. The Bertz CT molecular complexity index is 1500. The molecular formula is C26H28FN5O4. The summed E-state index contributed by atoms with van der Waals surface area (Å²) < 4.78 is 26.4. The van der Waals surface area contributed by atoms with Crippen LogP contribution in [0.4, 0.5) is 9.18 Å². The summed E-state index contributed by atoms with van der Waals surface area (Å²) in [4.78, 5) is 36.9. The van der Waals surface area contributed by atoms with Gasteiger partial charge < -0.3 is 24.2 Å². The minimum atomic E-state index is -0.746. The molecule has 1 aliphatic carbocycles. The number of aromatic nitrogens is 4. The molecule has 4 aromatic rings. The van der Waals surface area contributed by atoms with Crippen molar-refractivity contribution in [3.05, 3.63) is 53.2 Å². The van der Waals surface area contributed by atoms with Gasteiger partial charge in [-0.05, 0) is 64.8 Å². The maximum atomic E-state index is 14.7. The van der Waals surface area contributed by atoms with Crippen LogP contribution in [0.15, 0.2) is 30.5 Å². The van der Waals surface area contributed by atoms with Gasteiger partial charge in [-0.25, -0.2) is 23.9 Å². The Morgan fingerprint density at radius 2 is 1.97 bits per heavy atom. The fourth-order valence-electron chi connectivity index (χ4n) is 4.24. The zero-order chi connectivity index (χ0) is 25.8. The lowest BCUT2D eigenvalue weighted by atomic mass is 10.1. The molecule has 1 amide bonds. The summed E-state index contributed by atoms with van der Waals surface area (Å²) in [5.41, 5.74) is 3.36. The van der Waals surface area contributed by atoms with Crippen molar-refractivity contribution >= 4 is 28.7 Å². The van der Waals surface area contributed by atoms with Gasteiger partial charge in [0.25, 0.3) is 0 Å². The Morgan fingerprint density at radius 3 is 2.64 bits per heavy atom. The number of amides is 1. The first-order valence-electron chi connectivity index (χ1n) is 11.8. The van der Waals surface area contributed by atoms with E-state index < -0.39 is 23.5 Å². The van der Waals surface area contributed by atoms with Crippen molar-refractivity contribution in [1.29, 1.82) is 0 Å². The van der Waals surface area contributed by atoms with Crippen molar-refractivity contribution < 1.29 is 23.5 Å². The topological polar surface area (TPSA) is 111 Å². The Hall–Kier alpha value is -3.95. The molecular weight excluding hydrogens is 465 g/mol. The van der Waals surface area contributed by atoms with Gasteiger partial charge >= 0.3 is 12.1 Å². The number of aromatic amines is 1. The van der Waals surface area contributed by atoms with Crippen LogP contribution in [0.2, 0.25) is 0 Å². The third kappa shape index (κ3) is 4.50. The van der Waals surface area contributed by atoms with Gasteiger partial charge in [0.05, 0.1) is 30.2 Å². The number of halogens is 1. The summed E-state index contributed by atoms with van der Waals surface area (Å²) in [5.74, 6) is -1.15. The van der Waals surface area contributed by atoms with E-state index in [2.05, 4.69) is 10.3 Å². The predicted molar refractivity (Wildman–Crippen MR) is 131 cm³/mol. The molecule has 0 saturated heterocycles. The van der Waals surface area contributed by atoms with Gasteiger partial charge in [0, 0.05) is 17.5 Å². The Balaban J connectivity index is 1.51. The molecule has 0 aliphatic heterocycles. The minimum absolute atomic E-state index is 0.154. The maximum absolute atomic E-state index is 14.7. The van der Waals surface area contributed by atoms with Crippen LogP contribution in [0.5, 0.6) is 0 Å². The van der Waals surface area contributed by atoms with E-state index in [0.29, 0.717) is 22.7 Å². The molecule has 0 spiro atoms. The summed E-state index contributed by atoms with van der Waals surface area (Å²) in [6.45, 7) is 7.26. The lowest BCUT2D eigenvalue weighted by Crippen LogP contribution is -2.34. The number of hydrogen-bond donors (Lipinski definition) is 2. The average molecular weight is 494 g/mol. The third-order valence-corrected chi connectivity index (χ3v) is 6.05. The molecule has 1 fully saturated rings. The van der Waals surface area contributed by atoms with Crippen molar-refractivity contribution in [2.45, 2.75) is 58.1 Å². The first-order valence-corrected chi connectivity index (χ1v) is 11.8. The quantitative estimate of drug-likeness (QED) is 0.367. The number of hydrogen-bond acceptors (Lipinski definition) is 6. The number of esters is 1. The van der Waals surface area contributed by atoms with Crippen LogP contribution < -0.4 is 5.32 Å². The number of ether oxygens (including phenoxy) is 2. The summed E-state index contributed by atoms with van der Waals surface area (Å²) in [7, 11) is 1.22. The van der Waals surface area contributed by atoms with E-state index in [-0.39, 0.29) is 17.5 Å². The molecule has 188 valence electrons. The second-order valence-electron chi connectivity index (χ2n) is 10.1. The molecule has 0 unspecified atom stereocenters. The summed E-state index contributed by atoms with van der Waals surface area (Å²) in [6.07, 6.45) is 2.76. The third-order valence-electron chi connectivity index (χ3n) is 6.05. The number of carbonyl (C=O) groups excluding carboxylic acids is 2. The van der Waals surface area contributed by atoms with Gasteiger partial charge in [-0.1, -0.05) is 0 Å². The van der Waals surface area contributed by atoms with Crippen LogP contribution in [0.25, 0.3) is 28.1 Å². The van der Waals surface area contributed by atoms with Crippen molar-refractivity contribution in [3.63, 3.8) is 0 Å². The van der Waals surface area contributed by atoms with Crippen LogP contribution in [0.1, 0.15) is 74.2 Å². The van der Waals surface area contributed by atoms with E-state index in [4.69, 9.17) is 19.4 Å². The highest BCUT2D eigenvalue weighted by molar-refractivity contribution is 5.91. The van der Waals surface area contributed by atoms with Crippen molar-refractivity contribution in [1.82, 2.24) is 24.7 Å². The van der Waals surface area contributed by atoms with Gasteiger partial charge in [-0.15, -0.1) is 0 Å². The van der Waals surface area contributed by atoms with Gasteiger partial charge in [0.2, 0.25) is 0 Å². The van der Waals surface area contributed by atoms with Gasteiger partial charge in [0.15, 0.2) is 5.82 Å². The van der Waals surface area contributed by atoms with Crippen LogP contribution >= 0.6 is 0 Å². The first-order chi connectivity index (χ1) is 17.0. The molecule has 0 radical (unpaired) electrons. The number of imidazole rings is 1. The van der Waals surface area contributed by atoms with Crippen LogP contribution in [-0.2, 0) is 9.47 Å². The second kappa shape index (κ2) is 8.61. The van der Waals surface area contributed by atoms with Crippen LogP contribution in [0.3, 0.4) is 0 Å². The maximum Gasteiger partial charge on any atom is 0.408 e. The Labute approximate surface area is 207 Å². The van der Waals surface area contributed by atoms with E-state index in [9.17, 15) is 14.0 Å². The molecule has 1 atom stereocenters. The molecule has 9 nitrogen and oxygen atoms in total. The van der Waals surface area contributed by atoms with Crippen molar-refractivity contribution in [2.75, 3.05) is 7.11 Å². The molecule has 0 aromatic carbocycles. The second-order valence-corrected chi connectivity index (χ2v) is 10.1. The highest BCUT2D eigenvalue weighted by Crippen LogP contribution is 2.45. The van der Waals surface area contributed by atoms with Gasteiger partial charge in [0.1, 0.15) is 28.2 Å². The van der Waals surface area contributed by atoms with Crippen molar-refractivity contribution in [2.24, 2.45) is 0 Å². The molecule has 36 heavy (non-hydrogen) atoms. The standard InChI is InChI=1S/C26H28FN5O4/c1-13(28-25(34)36-26(2,3)4)18-9-8-15-10-19(30-23(15)29-18)21-22(14-6-7-14)32-12-17(27)16(24(33)35-5)11-20(32)31-21/h8-14H,6-7H2,1-5H3,(H,28,34)(H,29,30)/t13-/m1/s1. The smallest absolute Gasteiger partial charge is 0.408 e. The van der Waals surface area contributed by atoms with E-state index in [1.165, 1.54) is 19.4 Å². The largest absolute Gasteiger partial charge is 0.465 e. The van der Waals surface area contributed by atoms with Gasteiger partial charge in [-0.3, -0.25) is 0 Å². The summed E-state index contributed by atoms with van der Waals surface area (Å²) in [6, 6.07) is 6.77. The number of nitrogens with one attached hydrogen (secondary N) is 2. The average Bonchev–Trinajstić information content (AvgIpc) is 3.44. The monoisotopic (exact) mass is 493 g/mol. The highest BCUT2D eigenvalue weighted by Gasteiger charge is 2.32. The number of pyridine rings is 2. The summed E-state index contributed by atoms with van der Waals surface area (Å²) >= 11 is 0. The Kier molecular flexibility index (Phi) is 5.69. The molecule has 4 heterocycles. The number of alkyl carbamates (subject to hydrolysis) is 1. The normalized spacial score (nSPS) is 14.7. The van der Waals surface area contributed by atoms with E-state index in [1.807, 2.05) is 45.9 Å². The minimum Gasteiger partial charge on any atom is -0.465 e. The molecule has 1 aliphatic rings. The first kappa shape index (κ1) is 23.8. The van der Waals surface area contributed by atoms with E-state index in [0.717, 1.165) is 29.6 Å². The van der Waals surface area contributed by atoms with Crippen LogP contribution in [-0.4, -0.2) is 44.1 Å². The molecule has 0 bridgehead atoms. The van der Waals surface area contributed by atoms with E-state index in [1.54, 1.807) is 4.40 Å². The zero-order valence-corrected chi connectivity index (χ0v) is 20.8. The summed E-state index contributed by atoms with van der Waals surface area (Å²) in [5, 5.41) is 3.68. The predicted octanol–water partition coefficient (Wildman–Crippen LogP) is 5.27. The number of fused-ring (bicyclic) bond motifs is 2. The molecule has 1 saturated carbocycles. The molecule has 5 rings (SSSR count). The number of nitrogens with zero attached hydrogens (tertiary/aromatic N) is 3. The number of carbonyl (C=O) groups is 2. The van der Waals surface area contributed by atoms with Crippen molar-refractivity contribution in [3.8, 4) is 11.4 Å². The van der Waals surface area contributed by atoms with Gasteiger partial charge in [-0.2, -0.15) is 0 Å². The molecule has 4 aromatic heterocycles. The fraction of sp³-hybridized carbons (Fsp3) is 0.385. The number of rotatable bonds is 5. The SMILES string of the molecule is COC(=O)c1cc2nc(-c3cc4ccc([C@@H](C)NC(=O)OC(C)(C)C)nc4[nH]3)c(C3CC3)n2cc1F. The Morgan fingerprint density at radius 1 is 1.22 bits per heavy atom.